The molecule has 2 aromatic rings. The van der Waals surface area contributed by atoms with E-state index >= 15 is 0 Å². The van der Waals surface area contributed by atoms with Crippen molar-refractivity contribution in [2.45, 2.75) is 39.8 Å². The summed E-state index contributed by atoms with van der Waals surface area (Å²) in [7, 11) is 0. The Bertz CT molecular complexity index is 618. The Balaban J connectivity index is 1.93. The summed E-state index contributed by atoms with van der Waals surface area (Å²) in [6.45, 7) is 7.37. The Hall–Kier alpha value is -1.88. The van der Waals surface area contributed by atoms with E-state index in [2.05, 4.69) is 28.7 Å². The summed E-state index contributed by atoms with van der Waals surface area (Å²) in [6.07, 6.45) is 0.707. The highest BCUT2D eigenvalue weighted by atomic mass is 16.2. The van der Waals surface area contributed by atoms with Gasteiger partial charge in [0.25, 0.3) is 0 Å². The lowest BCUT2D eigenvalue weighted by molar-refractivity contribution is -0.122. The van der Waals surface area contributed by atoms with Crippen LogP contribution < -0.4 is 11.1 Å². The van der Waals surface area contributed by atoms with Crippen LogP contribution in [-0.2, 0) is 11.3 Å². The van der Waals surface area contributed by atoms with Gasteiger partial charge >= 0.3 is 0 Å². The van der Waals surface area contributed by atoms with Crippen LogP contribution >= 0.6 is 0 Å². The Morgan fingerprint density at radius 1 is 1.38 bits per heavy atom. The number of aromatic nitrogens is 2. The molecule has 0 bridgehead atoms. The van der Waals surface area contributed by atoms with Gasteiger partial charge in [0.1, 0.15) is 5.82 Å². The number of rotatable bonds is 6. The normalized spacial score (nSPS) is 12.8. The molecule has 2 rings (SSSR count). The number of amides is 1. The van der Waals surface area contributed by atoms with Crippen LogP contribution in [0.2, 0.25) is 0 Å². The first-order valence-corrected chi connectivity index (χ1v) is 7.44. The van der Waals surface area contributed by atoms with E-state index in [1.807, 2.05) is 31.2 Å². The Kier molecular flexibility index (Phi) is 4.96. The maximum atomic E-state index is 11.9. The lowest BCUT2D eigenvalue weighted by Crippen LogP contribution is -2.42. The molecule has 1 heterocycles. The van der Waals surface area contributed by atoms with E-state index in [0.717, 1.165) is 16.9 Å². The Labute approximate surface area is 125 Å². The molecule has 0 radical (unpaired) electrons. The molecule has 1 amide bonds. The zero-order chi connectivity index (χ0) is 15.4. The van der Waals surface area contributed by atoms with E-state index in [1.54, 1.807) is 0 Å². The number of hydrogen-bond acceptors (Lipinski definition) is 3. The molecule has 21 heavy (non-hydrogen) atoms. The maximum Gasteiger partial charge on any atom is 0.236 e. The maximum absolute atomic E-state index is 11.9. The molecule has 114 valence electrons. The van der Waals surface area contributed by atoms with Crippen molar-refractivity contribution >= 4 is 16.9 Å². The van der Waals surface area contributed by atoms with E-state index < -0.39 is 6.04 Å². The number of para-hydroxylation sites is 2. The number of fused-ring (bicyclic) bond motifs is 1. The fraction of sp³-hybridized carbons (Fsp3) is 0.500. The third-order valence-corrected chi connectivity index (χ3v) is 3.54. The van der Waals surface area contributed by atoms with Gasteiger partial charge in [0.15, 0.2) is 0 Å². The summed E-state index contributed by atoms with van der Waals surface area (Å²) < 4.78 is 2.11. The number of hydrogen-bond donors (Lipinski definition) is 2. The minimum absolute atomic E-state index is 0.0780. The van der Waals surface area contributed by atoms with Crippen molar-refractivity contribution in [1.82, 2.24) is 14.9 Å². The smallest absolute Gasteiger partial charge is 0.236 e. The number of aryl methyl sites for hydroxylation is 1. The molecule has 5 nitrogen and oxygen atoms in total. The van der Waals surface area contributed by atoms with Crippen LogP contribution in [0, 0.1) is 12.8 Å². The third kappa shape index (κ3) is 3.82. The van der Waals surface area contributed by atoms with Crippen molar-refractivity contribution in [3.63, 3.8) is 0 Å². The number of nitrogens with zero attached hydrogens (tertiary/aromatic N) is 2. The zero-order valence-corrected chi connectivity index (χ0v) is 13.0. The molecule has 0 aliphatic carbocycles. The SMILES string of the molecule is Cc1nc2ccccc2n1CCNC(=O)C(N)CC(C)C. The van der Waals surface area contributed by atoms with Crippen LogP contribution in [-0.4, -0.2) is 28.0 Å². The first kappa shape index (κ1) is 15.5. The summed E-state index contributed by atoms with van der Waals surface area (Å²) in [4.78, 5) is 16.4. The molecule has 1 aromatic carbocycles. The highest BCUT2D eigenvalue weighted by molar-refractivity contribution is 5.81. The number of imidazole rings is 1. The van der Waals surface area contributed by atoms with Gasteiger partial charge in [-0.25, -0.2) is 4.98 Å². The van der Waals surface area contributed by atoms with Crippen LogP contribution in [0.4, 0.5) is 0 Å². The standard InChI is InChI=1S/C16H24N4O/c1-11(2)10-13(17)16(21)18-8-9-20-12(3)19-14-6-4-5-7-15(14)20/h4-7,11,13H,8-10,17H2,1-3H3,(H,18,21). The monoisotopic (exact) mass is 288 g/mol. The van der Waals surface area contributed by atoms with Crippen molar-refractivity contribution in [2.75, 3.05) is 6.54 Å². The largest absolute Gasteiger partial charge is 0.353 e. The van der Waals surface area contributed by atoms with Crippen LogP contribution in [0.1, 0.15) is 26.1 Å². The minimum atomic E-state index is -0.425. The average molecular weight is 288 g/mol. The molecule has 3 N–H and O–H groups in total. The van der Waals surface area contributed by atoms with Crippen molar-refractivity contribution in [2.24, 2.45) is 11.7 Å². The summed E-state index contributed by atoms with van der Waals surface area (Å²) in [5, 5.41) is 2.91. The number of carbonyl (C=O) groups is 1. The summed E-state index contributed by atoms with van der Waals surface area (Å²) in [5.74, 6) is 1.30. The average Bonchev–Trinajstić information content (AvgIpc) is 2.74. The molecule has 0 spiro atoms. The van der Waals surface area contributed by atoms with Gasteiger partial charge in [-0.3, -0.25) is 4.79 Å². The lowest BCUT2D eigenvalue weighted by Gasteiger charge is -2.14. The Morgan fingerprint density at radius 3 is 2.81 bits per heavy atom. The van der Waals surface area contributed by atoms with Crippen LogP contribution in [0.5, 0.6) is 0 Å². The number of nitrogens with one attached hydrogen (secondary N) is 1. The van der Waals surface area contributed by atoms with Gasteiger partial charge in [0.2, 0.25) is 5.91 Å². The van der Waals surface area contributed by atoms with Crippen molar-refractivity contribution < 1.29 is 4.79 Å². The summed E-state index contributed by atoms with van der Waals surface area (Å²) in [6, 6.07) is 7.59. The topological polar surface area (TPSA) is 72.9 Å². The van der Waals surface area contributed by atoms with Crippen molar-refractivity contribution in [3.8, 4) is 0 Å². The summed E-state index contributed by atoms with van der Waals surface area (Å²) in [5.41, 5.74) is 7.94. The van der Waals surface area contributed by atoms with Crippen LogP contribution in [0.15, 0.2) is 24.3 Å². The molecule has 0 aliphatic rings. The van der Waals surface area contributed by atoms with E-state index in [9.17, 15) is 4.79 Å². The molecule has 1 aromatic heterocycles. The molecular weight excluding hydrogens is 264 g/mol. The van der Waals surface area contributed by atoms with E-state index in [-0.39, 0.29) is 5.91 Å². The van der Waals surface area contributed by atoms with Crippen LogP contribution in [0.3, 0.4) is 0 Å². The quantitative estimate of drug-likeness (QED) is 0.852. The molecule has 0 aliphatic heterocycles. The van der Waals surface area contributed by atoms with Crippen molar-refractivity contribution in [1.29, 1.82) is 0 Å². The fourth-order valence-corrected chi connectivity index (χ4v) is 2.52. The molecule has 1 atom stereocenters. The minimum Gasteiger partial charge on any atom is -0.353 e. The van der Waals surface area contributed by atoms with E-state index in [0.29, 0.717) is 25.4 Å². The molecule has 0 fully saturated rings. The predicted octanol–water partition coefficient (Wildman–Crippen LogP) is 1.83. The van der Waals surface area contributed by atoms with Gasteiger partial charge in [0.05, 0.1) is 17.1 Å². The molecule has 1 unspecified atom stereocenters. The van der Waals surface area contributed by atoms with E-state index in [1.165, 1.54) is 0 Å². The second-order valence-electron chi connectivity index (χ2n) is 5.83. The van der Waals surface area contributed by atoms with Crippen molar-refractivity contribution in [3.05, 3.63) is 30.1 Å². The highest BCUT2D eigenvalue weighted by Crippen LogP contribution is 2.14. The van der Waals surface area contributed by atoms with Gasteiger partial charge in [0, 0.05) is 13.1 Å². The first-order chi connectivity index (χ1) is 9.99. The van der Waals surface area contributed by atoms with E-state index in [4.69, 9.17) is 5.73 Å². The second kappa shape index (κ2) is 6.72. The Morgan fingerprint density at radius 2 is 2.10 bits per heavy atom. The van der Waals surface area contributed by atoms with Gasteiger partial charge < -0.3 is 15.6 Å². The molecule has 0 saturated carbocycles. The predicted molar refractivity (Wildman–Crippen MR) is 84.9 cm³/mol. The number of benzene rings is 1. The molecule has 0 saturated heterocycles. The number of nitrogens with two attached hydrogens (primary N) is 1. The summed E-state index contributed by atoms with van der Waals surface area (Å²) >= 11 is 0. The zero-order valence-electron chi connectivity index (χ0n) is 13.0. The van der Waals surface area contributed by atoms with Gasteiger partial charge in [-0.15, -0.1) is 0 Å². The lowest BCUT2D eigenvalue weighted by atomic mass is 10.0. The van der Waals surface area contributed by atoms with Gasteiger partial charge in [-0.1, -0.05) is 26.0 Å². The second-order valence-corrected chi connectivity index (χ2v) is 5.83. The highest BCUT2D eigenvalue weighted by Gasteiger charge is 2.14. The van der Waals surface area contributed by atoms with Gasteiger partial charge in [-0.2, -0.15) is 0 Å². The molecular formula is C16H24N4O. The first-order valence-electron chi connectivity index (χ1n) is 7.44. The molecule has 5 heteroatoms. The van der Waals surface area contributed by atoms with Gasteiger partial charge in [-0.05, 0) is 31.4 Å². The fourth-order valence-electron chi connectivity index (χ4n) is 2.52. The number of carbonyl (C=O) groups excluding carboxylic acids is 1. The third-order valence-electron chi connectivity index (χ3n) is 3.54. The van der Waals surface area contributed by atoms with Crippen LogP contribution in [0.25, 0.3) is 11.0 Å².